The molecular weight excluding hydrogens is 214 g/mol. The SMILES string of the molecule is CCNC(=S)N(C)Cc1csc(C)n1. The van der Waals surface area contributed by atoms with Gasteiger partial charge in [-0.3, -0.25) is 0 Å². The Morgan fingerprint density at radius 3 is 2.93 bits per heavy atom. The molecule has 0 unspecified atom stereocenters. The van der Waals surface area contributed by atoms with Crippen LogP contribution in [0.25, 0.3) is 0 Å². The van der Waals surface area contributed by atoms with Gasteiger partial charge in [-0.25, -0.2) is 4.98 Å². The quantitative estimate of drug-likeness (QED) is 0.800. The maximum atomic E-state index is 5.17. The molecule has 78 valence electrons. The van der Waals surface area contributed by atoms with Crippen molar-refractivity contribution in [2.24, 2.45) is 0 Å². The predicted octanol–water partition coefficient (Wildman–Crippen LogP) is 1.78. The lowest BCUT2D eigenvalue weighted by Gasteiger charge is -2.19. The first-order valence-corrected chi connectivity index (χ1v) is 5.82. The summed E-state index contributed by atoms with van der Waals surface area (Å²) in [5, 5.41) is 7.05. The lowest BCUT2D eigenvalue weighted by Crippen LogP contribution is -2.36. The second kappa shape index (κ2) is 5.26. The van der Waals surface area contributed by atoms with E-state index in [0.29, 0.717) is 0 Å². The molecule has 0 radical (unpaired) electrons. The molecule has 3 nitrogen and oxygen atoms in total. The minimum Gasteiger partial charge on any atom is -0.363 e. The third-order valence-electron chi connectivity index (χ3n) is 1.74. The molecule has 1 rings (SSSR count). The van der Waals surface area contributed by atoms with Gasteiger partial charge in [-0.15, -0.1) is 11.3 Å². The molecule has 0 amide bonds. The molecule has 0 aromatic carbocycles. The van der Waals surface area contributed by atoms with Crippen LogP contribution >= 0.6 is 23.6 Å². The van der Waals surface area contributed by atoms with Crippen LogP contribution in [0.1, 0.15) is 17.6 Å². The number of nitrogens with zero attached hydrogens (tertiary/aromatic N) is 2. The number of hydrogen-bond donors (Lipinski definition) is 1. The topological polar surface area (TPSA) is 28.2 Å². The second-order valence-corrected chi connectivity index (χ2v) is 4.50. The first kappa shape index (κ1) is 11.4. The number of aromatic nitrogens is 1. The molecule has 0 saturated carbocycles. The van der Waals surface area contributed by atoms with Crippen molar-refractivity contribution in [1.29, 1.82) is 0 Å². The number of nitrogens with one attached hydrogen (secondary N) is 1. The summed E-state index contributed by atoms with van der Waals surface area (Å²) in [4.78, 5) is 6.38. The fourth-order valence-electron chi connectivity index (χ4n) is 1.08. The van der Waals surface area contributed by atoms with Crippen LogP contribution < -0.4 is 5.32 Å². The van der Waals surface area contributed by atoms with Gasteiger partial charge in [0, 0.05) is 19.0 Å². The molecule has 0 aliphatic carbocycles. The molecule has 0 spiro atoms. The largest absolute Gasteiger partial charge is 0.363 e. The van der Waals surface area contributed by atoms with Crippen LogP contribution in [-0.2, 0) is 6.54 Å². The molecule has 1 aromatic rings. The van der Waals surface area contributed by atoms with E-state index < -0.39 is 0 Å². The number of rotatable bonds is 3. The Kier molecular flexibility index (Phi) is 4.28. The molecule has 1 aromatic heterocycles. The molecule has 1 heterocycles. The zero-order valence-corrected chi connectivity index (χ0v) is 10.3. The number of thiazole rings is 1. The Bertz CT molecular complexity index is 309. The van der Waals surface area contributed by atoms with Gasteiger partial charge in [-0.05, 0) is 26.1 Å². The highest BCUT2D eigenvalue weighted by Crippen LogP contribution is 2.09. The van der Waals surface area contributed by atoms with Gasteiger partial charge in [0.25, 0.3) is 0 Å². The highest BCUT2D eigenvalue weighted by Gasteiger charge is 2.05. The van der Waals surface area contributed by atoms with Crippen LogP contribution in [0, 0.1) is 6.92 Å². The molecule has 0 aliphatic heterocycles. The van der Waals surface area contributed by atoms with Crippen molar-refractivity contribution < 1.29 is 0 Å². The van der Waals surface area contributed by atoms with Gasteiger partial charge in [0.05, 0.1) is 17.2 Å². The molecule has 1 N–H and O–H groups in total. The van der Waals surface area contributed by atoms with E-state index in [1.807, 2.05) is 25.8 Å². The Labute approximate surface area is 94.1 Å². The lowest BCUT2D eigenvalue weighted by molar-refractivity contribution is 0.484. The minimum atomic E-state index is 0.774. The highest BCUT2D eigenvalue weighted by atomic mass is 32.1. The van der Waals surface area contributed by atoms with Crippen LogP contribution in [0.5, 0.6) is 0 Å². The van der Waals surface area contributed by atoms with Crippen LogP contribution in [0.3, 0.4) is 0 Å². The molecular formula is C9H15N3S2. The van der Waals surface area contributed by atoms with Crippen LogP contribution in [-0.4, -0.2) is 28.6 Å². The van der Waals surface area contributed by atoms with Crippen molar-refractivity contribution in [2.45, 2.75) is 20.4 Å². The van der Waals surface area contributed by atoms with Crippen LogP contribution in [0.2, 0.25) is 0 Å². The summed E-state index contributed by atoms with van der Waals surface area (Å²) < 4.78 is 0. The van der Waals surface area contributed by atoms with Gasteiger partial charge in [0.1, 0.15) is 0 Å². The van der Waals surface area contributed by atoms with Crippen molar-refractivity contribution in [2.75, 3.05) is 13.6 Å². The summed E-state index contributed by atoms with van der Waals surface area (Å²) in [5.74, 6) is 0. The molecule has 0 atom stereocenters. The van der Waals surface area contributed by atoms with E-state index in [9.17, 15) is 0 Å². The third kappa shape index (κ3) is 3.23. The Morgan fingerprint density at radius 1 is 1.71 bits per heavy atom. The third-order valence-corrected chi connectivity index (χ3v) is 3.02. The fraction of sp³-hybridized carbons (Fsp3) is 0.556. The fourth-order valence-corrected chi connectivity index (χ4v) is 1.89. The van der Waals surface area contributed by atoms with Crippen LogP contribution in [0.15, 0.2) is 5.38 Å². The number of aryl methyl sites for hydroxylation is 1. The Hall–Kier alpha value is -0.680. The van der Waals surface area contributed by atoms with Crippen molar-refractivity contribution in [1.82, 2.24) is 15.2 Å². The summed E-state index contributed by atoms with van der Waals surface area (Å²) in [6.45, 7) is 5.68. The summed E-state index contributed by atoms with van der Waals surface area (Å²) in [6, 6.07) is 0. The zero-order chi connectivity index (χ0) is 10.6. The van der Waals surface area contributed by atoms with Gasteiger partial charge < -0.3 is 10.2 Å². The lowest BCUT2D eigenvalue weighted by atomic mass is 10.4. The first-order chi connectivity index (χ1) is 6.63. The van der Waals surface area contributed by atoms with E-state index in [-0.39, 0.29) is 0 Å². The van der Waals surface area contributed by atoms with Gasteiger partial charge in [-0.1, -0.05) is 0 Å². The summed E-state index contributed by atoms with van der Waals surface area (Å²) >= 11 is 6.84. The monoisotopic (exact) mass is 229 g/mol. The number of thiocarbonyl (C=S) groups is 1. The van der Waals surface area contributed by atoms with E-state index >= 15 is 0 Å². The number of hydrogen-bond acceptors (Lipinski definition) is 3. The zero-order valence-electron chi connectivity index (χ0n) is 8.70. The first-order valence-electron chi connectivity index (χ1n) is 4.53. The molecule has 0 aliphatic rings. The van der Waals surface area contributed by atoms with Gasteiger partial charge in [-0.2, -0.15) is 0 Å². The molecule has 0 saturated heterocycles. The summed E-state index contributed by atoms with van der Waals surface area (Å²) in [5.41, 5.74) is 1.08. The van der Waals surface area contributed by atoms with Crippen molar-refractivity contribution in [3.63, 3.8) is 0 Å². The summed E-state index contributed by atoms with van der Waals surface area (Å²) in [7, 11) is 1.97. The minimum absolute atomic E-state index is 0.774. The van der Waals surface area contributed by atoms with Crippen molar-refractivity contribution >= 4 is 28.7 Å². The maximum Gasteiger partial charge on any atom is 0.169 e. The highest BCUT2D eigenvalue weighted by molar-refractivity contribution is 7.80. The predicted molar refractivity (Wildman–Crippen MR) is 64.6 cm³/mol. The second-order valence-electron chi connectivity index (χ2n) is 3.05. The Morgan fingerprint density at radius 2 is 2.43 bits per heavy atom. The van der Waals surface area contributed by atoms with Gasteiger partial charge in [0.15, 0.2) is 5.11 Å². The molecule has 14 heavy (non-hydrogen) atoms. The average Bonchev–Trinajstić information content (AvgIpc) is 2.51. The van der Waals surface area contributed by atoms with E-state index in [1.54, 1.807) is 11.3 Å². The standard InChI is InChI=1S/C9H15N3S2/c1-4-10-9(13)12(3)5-8-6-14-7(2)11-8/h6H,4-5H2,1-3H3,(H,10,13). The Balaban J connectivity index is 2.48. The van der Waals surface area contributed by atoms with E-state index in [4.69, 9.17) is 12.2 Å². The smallest absolute Gasteiger partial charge is 0.169 e. The van der Waals surface area contributed by atoms with Crippen LogP contribution in [0.4, 0.5) is 0 Å². The molecule has 5 heteroatoms. The van der Waals surface area contributed by atoms with Crippen molar-refractivity contribution in [3.8, 4) is 0 Å². The van der Waals surface area contributed by atoms with Gasteiger partial charge >= 0.3 is 0 Å². The van der Waals surface area contributed by atoms with E-state index in [0.717, 1.165) is 28.9 Å². The van der Waals surface area contributed by atoms with Crippen molar-refractivity contribution in [3.05, 3.63) is 16.1 Å². The molecule has 0 fully saturated rings. The van der Waals surface area contributed by atoms with Gasteiger partial charge in [0.2, 0.25) is 0 Å². The maximum absolute atomic E-state index is 5.17. The van der Waals surface area contributed by atoms with E-state index in [2.05, 4.69) is 15.7 Å². The molecule has 0 bridgehead atoms. The summed E-state index contributed by atoms with van der Waals surface area (Å²) in [6.07, 6.45) is 0. The van der Waals surface area contributed by atoms with E-state index in [1.165, 1.54) is 0 Å². The average molecular weight is 229 g/mol. The normalized spacial score (nSPS) is 9.93.